The van der Waals surface area contributed by atoms with E-state index in [1.807, 2.05) is 44.2 Å². The van der Waals surface area contributed by atoms with Crippen LogP contribution < -0.4 is 9.80 Å². The normalized spacial score (nSPS) is 20.6. The van der Waals surface area contributed by atoms with Crippen molar-refractivity contribution in [2.24, 2.45) is 0 Å². The molecule has 1 unspecified atom stereocenters. The smallest absolute Gasteiger partial charge is 0.251 e. The van der Waals surface area contributed by atoms with Crippen LogP contribution in [-0.4, -0.2) is 48.9 Å². The highest BCUT2D eigenvalue weighted by Crippen LogP contribution is 2.31. The van der Waals surface area contributed by atoms with Crippen molar-refractivity contribution in [3.63, 3.8) is 0 Å². The quantitative estimate of drug-likeness (QED) is 0.687. The lowest BCUT2D eigenvalue weighted by atomic mass is 10.1. The summed E-state index contributed by atoms with van der Waals surface area (Å²) >= 11 is 12.2. The highest BCUT2D eigenvalue weighted by atomic mass is 35.5. The first-order valence-corrected chi connectivity index (χ1v) is 10.5. The molecule has 0 N–H and O–H groups in total. The van der Waals surface area contributed by atoms with Crippen molar-refractivity contribution in [2.75, 3.05) is 36.0 Å². The second-order valence-corrected chi connectivity index (χ2v) is 8.51. The second kappa shape index (κ2) is 7.98. The van der Waals surface area contributed by atoms with E-state index in [2.05, 4.69) is 9.80 Å². The van der Waals surface area contributed by atoms with E-state index in [9.17, 15) is 9.59 Å². The minimum Gasteiger partial charge on any atom is -0.369 e. The zero-order chi connectivity index (χ0) is 20.7. The molecule has 7 heteroatoms. The average molecular weight is 432 g/mol. The number of rotatable bonds is 3. The van der Waals surface area contributed by atoms with E-state index >= 15 is 0 Å². The topological polar surface area (TPSA) is 43.9 Å². The van der Waals surface area contributed by atoms with Crippen LogP contribution in [0.15, 0.2) is 36.4 Å². The van der Waals surface area contributed by atoms with E-state index in [4.69, 9.17) is 23.2 Å². The Labute approximate surface area is 180 Å². The van der Waals surface area contributed by atoms with Crippen LogP contribution in [0, 0.1) is 13.8 Å². The standard InChI is InChI=1S/C22H23Cl2N3O2/c1-14-3-6-19(15(2)11-14)27-21(28)13-20(22(27)29)26-9-7-25(8-10-26)16-4-5-17(23)18(24)12-16/h3-6,11-12,20H,7-10,13H2,1-2H3. The number of aryl methyl sites for hydroxylation is 2. The monoisotopic (exact) mass is 431 g/mol. The molecule has 2 aliphatic rings. The summed E-state index contributed by atoms with van der Waals surface area (Å²) in [5.41, 5.74) is 3.77. The third kappa shape index (κ3) is 3.87. The zero-order valence-electron chi connectivity index (χ0n) is 16.5. The number of hydrogen-bond donors (Lipinski definition) is 0. The number of nitrogens with zero attached hydrogens (tertiary/aromatic N) is 3. The third-order valence-electron chi connectivity index (χ3n) is 5.74. The molecular weight excluding hydrogens is 409 g/mol. The summed E-state index contributed by atoms with van der Waals surface area (Å²) in [7, 11) is 0. The predicted octanol–water partition coefficient (Wildman–Crippen LogP) is 4.06. The van der Waals surface area contributed by atoms with Crippen LogP contribution in [0.3, 0.4) is 0 Å². The van der Waals surface area contributed by atoms with Gasteiger partial charge in [-0.3, -0.25) is 14.5 Å². The molecule has 152 valence electrons. The van der Waals surface area contributed by atoms with Gasteiger partial charge < -0.3 is 4.90 Å². The second-order valence-electron chi connectivity index (χ2n) is 7.70. The fourth-order valence-electron chi connectivity index (χ4n) is 4.18. The van der Waals surface area contributed by atoms with Gasteiger partial charge in [0.2, 0.25) is 5.91 Å². The van der Waals surface area contributed by atoms with Crippen molar-refractivity contribution in [1.29, 1.82) is 0 Å². The van der Waals surface area contributed by atoms with E-state index < -0.39 is 0 Å². The van der Waals surface area contributed by atoms with Crippen LogP contribution in [-0.2, 0) is 9.59 Å². The molecule has 0 saturated carbocycles. The van der Waals surface area contributed by atoms with Crippen LogP contribution >= 0.6 is 23.2 Å². The molecule has 2 saturated heterocycles. The zero-order valence-corrected chi connectivity index (χ0v) is 18.0. The van der Waals surface area contributed by atoms with Gasteiger partial charge in [0.25, 0.3) is 5.91 Å². The van der Waals surface area contributed by atoms with Crippen molar-refractivity contribution < 1.29 is 9.59 Å². The molecule has 0 aliphatic carbocycles. The predicted molar refractivity (Wildman–Crippen MR) is 117 cm³/mol. The number of halogens is 2. The molecule has 4 rings (SSSR count). The number of imide groups is 1. The molecule has 5 nitrogen and oxygen atoms in total. The van der Waals surface area contributed by atoms with Gasteiger partial charge in [0.15, 0.2) is 0 Å². The molecule has 2 aromatic carbocycles. The summed E-state index contributed by atoms with van der Waals surface area (Å²) in [4.78, 5) is 31.5. The maximum absolute atomic E-state index is 13.1. The number of hydrogen-bond acceptors (Lipinski definition) is 4. The van der Waals surface area contributed by atoms with E-state index in [0.717, 1.165) is 29.9 Å². The number of benzene rings is 2. The lowest BCUT2D eigenvalue weighted by Gasteiger charge is -2.38. The third-order valence-corrected chi connectivity index (χ3v) is 6.48. The molecule has 29 heavy (non-hydrogen) atoms. The highest BCUT2D eigenvalue weighted by Gasteiger charge is 2.43. The van der Waals surface area contributed by atoms with Gasteiger partial charge in [0.1, 0.15) is 0 Å². The van der Waals surface area contributed by atoms with Gasteiger partial charge in [0, 0.05) is 31.9 Å². The Morgan fingerprint density at radius 2 is 1.62 bits per heavy atom. The van der Waals surface area contributed by atoms with Gasteiger partial charge in [-0.1, -0.05) is 40.9 Å². The van der Waals surface area contributed by atoms with Crippen molar-refractivity contribution in [1.82, 2.24) is 4.90 Å². The minimum atomic E-state index is -0.390. The van der Waals surface area contributed by atoms with Crippen molar-refractivity contribution in [3.8, 4) is 0 Å². The van der Waals surface area contributed by atoms with Crippen LogP contribution in [0.5, 0.6) is 0 Å². The fourth-order valence-corrected chi connectivity index (χ4v) is 4.48. The Morgan fingerprint density at radius 3 is 2.28 bits per heavy atom. The largest absolute Gasteiger partial charge is 0.369 e. The van der Waals surface area contributed by atoms with E-state index in [1.165, 1.54) is 4.90 Å². The molecule has 1 atom stereocenters. The van der Waals surface area contributed by atoms with Crippen LogP contribution in [0.1, 0.15) is 17.5 Å². The van der Waals surface area contributed by atoms with E-state index in [1.54, 1.807) is 6.07 Å². The summed E-state index contributed by atoms with van der Waals surface area (Å²) in [6.45, 7) is 6.89. The average Bonchev–Trinajstić information content (AvgIpc) is 2.99. The molecule has 0 radical (unpaired) electrons. The van der Waals surface area contributed by atoms with Crippen molar-refractivity contribution in [3.05, 3.63) is 57.6 Å². The fraction of sp³-hybridized carbons (Fsp3) is 0.364. The molecule has 2 aliphatic heterocycles. The SMILES string of the molecule is Cc1ccc(N2C(=O)CC(N3CCN(c4ccc(Cl)c(Cl)c4)CC3)C2=O)c(C)c1. The molecule has 0 bridgehead atoms. The summed E-state index contributed by atoms with van der Waals surface area (Å²) in [6, 6.07) is 11.0. The van der Waals surface area contributed by atoms with Crippen LogP contribution in [0.25, 0.3) is 0 Å². The van der Waals surface area contributed by atoms with Crippen molar-refractivity contribution >= 4 is 46.4 Å². The van der Waals surface area contributed by atoms with Gasteiger partial charge in [0.05, 0.1) is 28.2 Å². The first-order chi connectivity index (χ1) is 13.8. The number of carbonyl (C=O) groups excluding carboxylic acids is 2. The molecule has 0 aromatic heterocycles. The Bertz CT molecular complexity index is 971. The Balaban J connectivity index is 1.45. The van der Waals surface area contributed by atoms with Gasteiger partial charge in [-0.25, -0.2) is 4.90 Å². The molecule has 2 amide bonds. The maximum Gasteiger partial charge on any atom is 0.251 e. The van der Waals surface area contributed by atoms with E-state index in [0.29, 0.717) is 28.8 Å². The molecule has 0 spiro atoms. The van der Waals surface area contributed by atoms with Crippen LogP contribution in [0.2, 0.25) is 10.0 Å². The summed E-state index contributed by atoms with van der Waals surface area (Å²) in [5.74, 6) is -0.246. The van der Waals surface area contributed by atoms with Crippen LogP contribution in [0.4, 0.5) is 11.4 Å². The maximum atomic E-state index is 13.1. The lowest BCUT2D eigenvalue weighted by molar-refractivity contribution is -0.123. The Kier molecular flexibility index (Phi) is 5.56. The Hall–Kier alpha value is -2.08. The lowest BCUT2D eigenvalue weighted by Crippen LogP contribution is -2.52. The van der Waals surface area contributed by atoms with Gasteiger partial charge in [-0.2, -0.15) is 0 Å². The minimum absolute atomic E-state index is 0.120. The summed E-state index contributed by atoms with van der Waals surface area (Å²) in [5, 5.41) is 1.07. The summed E-state index contributed by atoms with van der Waals surface area (Å²) < 4.78 is 0. The first-order valence-electron chi connectivity index (χ1n) is 9.73. The van der Waals surface area contributed by atoms with Gasteiger partial charge in [-0.05, 0) is 43.7 Å². The number of amides is 2. The highest BCUT2D eigenvalue weighted by molar-refractivity contribution is 6.42. The van der Waals surface area contributed by atoms with Gasteiger partial charge >= 0.3 is 0 Å². The van der Waals surface area contributed by atoms with Crippen molar-refractivity contribution in [2.45, 2.75) is 26.3 Å². The number of piperazine rings is 1. The number of carbonyl (C=O) groups is 2. The first kappa shape index (κ1) is 20.2. The molecule has 2 heterocycles. The molecule has 2 fully saturated rings. The Morgan fingerprint density at radius 1 is 0.897 bits per heavy atom. The molecule has 2 aromatic rings. The van der Waals surface area contributed by atoms with E-state index in [-0.39, 0.29) is 24.3 Å². The molecular formula is C22H23Cl2N3O2. The number of anilines is 2. The summed E-state index contributed by atoms with van der Waals surface area (Å²) in [6.07, 6.45) is 0.235. The van der Waals surface area contributed by atoms with Gasteiger partial charge in [-0.15, -0.1) is 0 Å².